The largest absolute Gasteiger partial charge is 0.455 e. The third kappa shape index (κ3) is 3.52. The first-order chi connectivity index (χ1) is 10.6. The highest BCUT2D eigenvalue weighted by atomic mass is 16.6. The highest BCUT2D eigenvalue weighted by Crippen LogP contribution is 2.38. The van der Waals surface area contributed by atoms with Gasteiger partial charge in [-0.25, -0.2) is 0 Å². The molecule has 2 aromatic carbocycles. The average molecular weight is 314 g/mol. The van der Waals surface area contributed by atoms with E-state index in [2.05, 4.69) is 0 Å². The monoisotopic (exact) mass is 314 g/mol. The van der Waals surface area contributed by atoms with E-state index in [9.17, 15) is 9.59 Å². The summed E-state index contributed by atoms with van der Waals surface area (Å²) in [5, 5.41) is 2.07. The van der Waals surface area contributed by atoms with Gasteiger partial charge in [0.1, 0.15) is 11.4 Å². The summed E-state index contributed by atoms with van der Waals surface area (Å²) in [6.07, 6.45) is 0. The molecule has 0 saturated heterocycles. The van der Waals surface area contributed by atoms with E-state index >= 15 is 0 Å². The first-order valence-corrected chi connectivity index (χ1v) is 7.54. The van der Waals surface area contributed by atoms with Crippen LogP contribution in [0.2, 0.25) is 0 Å². The van der Waals surface area contributed by atoms with Gasteiger partial charge in [-0.05, 0) is 61.7 Å². The molecule has 122 valence electrons. The van der Waals surface area contributed by atoms with Crippen molar-refractivity contribution >= 4 is 22.7 Å². The SMILES string of the molecule is CC(=O)Oc1cc2c(C)ccc(C)c2cc1C(C)(C)OC(C)=O. The lowest BCUT2D eigenvalue weighted by atomic mass is 9.91. The summed E-state index contributed by atoms with van der Waals surface area (Å²) < 4.78 is 10.8. The fourth-order valence-electron chi connectivity index (χ4n) is 2.79. The molecule has 4 nitrogen and oxygen atoms in total. The molecule has 0 aliphatic heterocycles. The lowest BCUT2D eigenvalue weighted by Gasteiger charge is -2.27. The Morgan fingerprint density at radius 3 is 1.91 bits per heavy atom. The maximum atomic E-state index is 11.5. The van der Waals surface area contributed by atoms with Crippen molar-refractivity contribution in [3.8, 4) is 5.75 Å². The Kier molecular flexibility index (Phi) is 4.46. The van der Waals surface area contributed by atoms with E-state index in [-0.39, 0.29) is 5.97 Å². The van der Waals surface area contributed by atoms with Crippen molar-refractivity contribution in [2.45, 2.75) is 47.1 Å². The predicted octanol–water partition coefficient (Wildman–Crippen LogP) is 4.18. The zero-order chi connectivity index (χ0) is 17.4. The Morgan fingerprint density at radius 2 is 1.43 bits per heavy atom. The van der Waals surface area contributed by atoms with Crippen LogP contribution in [0.3, 0.4) is 0 Å². The zero-order valence-electron chi connectivity index (χ0n) is 14.4. The minimum atomic E-state index is -0.902. The molecule has 0 fully saturated rings. The number of hydrogen-bond donors (Lipinski definition) is 0. The molecule has 0 unspecified atom stereocenters. The third-order valence-corrected chi connectivity index (χ3v) is 3.85. The summed E-state index contributed by atoms with van der Waals surface area (Å²) in [6.45, 7) is 10.3. The molecule has 23 heavy (non-hydrogen) atoms. The molecule has 0 radical (unpaired) electrons. The molecule has 0 aromatic heterocycles. The van der Waals surface area contributed by atoms with Gasteiger partial charge >= 0.3 is 11.9 Å². The predicted molar refractivity (Wildman–Crippen MR) is 89.5 cm³/mol. The highest BCUT2D eigenvalue weighted by molar-refractivity contribution is 5.91. The van der Waals surface area contributed by atoms with Crippen LogP contribution in [0.25, 0.3) is 10.8 Å². The lowest BCUT2D eigenvalue weighted by molar-refractivity contribution is -0.154. The van der Waals surface area contributed by atoms with E-state index in [1.165, 1.54) is 13.8 Å². The summed E-state index contributed by atoms with van der Waals surface area (Å²) in [6, 6.07) is 7.87. The molecule has 0 aliphatic carbocycles. The molecule has 0 spiro atoms. The van der Waals surface area contributed by atoms with Crippen LogP contribution >= 0.6 is 0 Å². The second kappa shape index (κ2) is 6.03. The van der Waals surface area contributed by atoms with Gasteiger partial charge in [-0.15, -0.1) is 0 Å². The van der Waals surface area contributed by atoms with Crippen LogP contribution in [0.1, 0.15) is 44.4 Å². The van der Waals surface area contributed by atoms with Crippen LogP contribution in [-0.4, -0.2) is 11.9 Å². The molecule has 0 bridgehead atoms. The van der Waals surface area contributed by atoms with E-state index in [4.69, 9.17) is 9.47 Å². The summed E-state index contributed by atoms with van der Waals surface area (Å²) in [5.74, 6) is -0.371. The number of ether oxygens (including phenoxy) is 2. The molecular weight excluding hydrogens is 292 g/mol. The summed E-state index contributed by atoms with van der Waals surface area (Å²) in [4.78, 5) is 22.9. The Balaban J connectivity index is 2.77. The van der Waals surface area contributed by atoms with Crippen molar-refractivity contribution in [2.75, 3.05) is 0 Å². The number of benzene rings is 2. The molecule has 4 heteroatoms. The number of esters is 2. The van der Waals surface area contributed by atoms with Crippen molar-refractivity contribution in [3.63, 3.8) is 0 Å². The number of carbonyl (C=O) groups excluding carboxylic acids is 2. The van der Waals surface area contributed by atoms with Gasteiger partial charge in [0.05, 0.1) is 0 Å². The second-order valence-electron chi connectivity index (χ2n) is 6.29. The van der Waals surface area contributed by atoms with Gasteiger partial charge in [0.15, 0.2) is 0 Å². The van der Waals surface area contributed by atoms with Crippen LogP contribution in [0.5, 0.6) is 5.75 Å². The van der Waals surface area contributed by atoms with Gasteiger partial charge in [0.25, 0.3) is 0 Å². The minimum Gasteiger partial charge on any atom is -0.455 e. The molecular formula is C19H22O4. The first kappa shape index (κ1) is 17.0. The summed E-state index contributed by atoms with van der Waals surface area (Å²) in [7, 11) is 0. The quantitative estimate of drug-likeness (QED) is 0.630. The van der Waals surface area contributed by atoms with Crippen LogP contribution in [0.4, 0.5) is 0 Å². The summed E-state index contributed by atoms with van der Waals surface area (Å²) >= 11 is 0. The van der Waals surface area contributed by atoms with Gasteiger partial charge in [-0.1, -0.05) is 12.1 Å². The van der Waals surface area contributed by atoms with Crippen LogP contribution < -0.4 is 4.74 Å². The maximum Gasteiger partial charge on any atom is 0.308 e. The number of fused-ring (bicyclic) bond motifs is 1. The van der Waals surface area contributed by atoms with Crippen molar-refractivity contribution in [3.05, 3.63) is 41.0 Å². The van der Waals surface area contributed by atoms with E-state index in [0.29, 0.717) is 11.3 Å². The Hall–Kier alpha value is -2.36. The molecule has 0 aliphatic rings. The van der Waals surface area contributed by atoms with Crippen LogP contribution in [-0.2, 0) is 19.9 Å². The van der Waals surface area contributed by atoms with Gasteiger partial charge < -0.3 is 9.47 Å². The van der Waals surface area contributed by atoms with Gasteiger partial charge in [0, 0.05) is 19.4 Å². The molecule has 0 saturated carbocycles. The minimum absolute atomic E-state index is 0.384. The molecule has 2 aromatic rings. The maximum absolute atomic E-state index is 11.5. The molecule has 0 N–H and O–H groups in total. The fraction of sp³-hybridized carbons (Fsp3) is 0.368. The number of hydrogen-bond acceptors (Lipinski definition) is 4. The number of carbonyl (C=O) groups is 2. The Morgan fingerprint density at radius 1 is 0.913 bits per heavy atom. The third-order valence-electron chi connectivity index (χ3n) is 3.85. The van der Waals surface area contributed by atoms with Gasteiger partial charge in [-0.2, -0.15) is 0 Å². The standard InChI is InChI=1S/C19H22O4/c1-11-7-8-12(2)16-10-18(22-13(3)20)17(9-15(11)16)19(5,6)23-14(4)21/h7-10H,1-6H3. The Bertz CT molecular complexity index is 788. The zero-order valence-corrected chi connectivity index (χ0v) is 14.4. The van der Waals surface area contributed by atoms with Crippen molar-refractivity contribution < 1.29 is 19.1 Å². The van der Waals surface area contributed by atoms with Gasteiger partial charge in [0.2, 0.25) is 0 Å². The smallest absolute Gasteiger partial charge is 0.308 e. The van der Waals surface area contributed by atoms with E-state index in [1.54, 1.807) is 13.8 Å². The molecule has 0 amide bonds. The Labute approximate surface area is 136 Å². The van der Waals surface area contributed by atoms with Crippen LogP contribution in [0.15, 0.2) is 24.3 Å². The van der Waals surface area contributed by atoms with Crippen molar-refractivity contribution in [1.82, 2.24) is 0 Å². The van der Waals surface area contributed by atoms with Gasteiger partial charge in [-0.3, -0.25) is 9.59 Å². The molecule has 2 rings (SSSR count). The normalized spacial score (nSPS) is 11.4. The van der Waals surface area contributed by atoms with E-state index in [0.717, 1.165) is 21.9 Å². The van der Waals surface area contributed by atoms with Crippen molar-refractivity contribution in [1.29, 1.82) is 0 Å². The fourth-order valence-corrected chi connectivity index (χ4v) is 2.79. The van der Waals surface area contributed by atoms with E-state index in [1.807, 2.05) is 38.1 Å². The topological polar surface area (TPSA) is 52.6 Å². The first-order valence-electron chi connectivity index (χ1n) is 7.54. The second-order valence-corrected chi connectivity index (χ2v) is 6.29. The molecule has 0 heterocycles. The summed E-state index contributed by atoms with van der Waals surface area (Å²) in [5.41, 5.74) is 1.97. The average Bonchev–Trinajstić information content (AvgIpc) is 2.40. The lowest BCUT2D eigenvalue weighted by Crippen LogP contribution is -2.25. The molecule has 0 atom stereocenters. The van der Waals surface area contributed by atoms with Crippen molar-refractivity contribution in [2.24, 2.45) is 0 Å². The van der Waals surface area contributed by atoms with E-state index < -0.39 is 11.6 Å². The highest BCUT2D eigenvalue weighted by Gasteiger charge is 2.29. The number of rotatable bonds is 3. The number of aryl methyl sites for hydroxylation is 2. The van der Waals surface area contributed by atoms with Crippen LogP contribution in [0, 0.1) is 13.8 Å².